The molecule has 0 saturated carbocycles. The van der Waals surface area contributed by atoms with E-state index in [1.165, 1.54) is 0 Å². The number of hydrogen-bond acceptors (Lipinski definition) is 2. The molecule has 0 unspecified atom stereocenters. The topological polar surface area (TPSA) is 57.8 Å². The Balaban J connectivity index is 2.34. The van der Waals surface area contributed by atoms with Crippen molar-refractivity contribution >= 4 is 11.6 Å². The summed E-state index contributed by atoms with van der Waals surface area (Å²) in [5, 5.41) is 9.66. The molecular weight excluding hydrogens is 238 g/mol. The quantitative estimate of drug-likeness (QED) is 0.885. The number of carbonyl (C=O) groups is 1. The van der Waals surface area contributed by atoms with E-state index in [1.54, 1.807) is 6.20 Å². The van der Waals surface area contributed by atoms with Crippen LogP contribution in [0.15, 0.2) is 24.4 Å². The smallest absolute Gasteiger partial charge is 0.259 e. The van der Waals surface area contributed by atoms with Gasteiger partial charge in [0, 0.05) is 11.4 Å². The van der Waals surface area contributed by atoms with E-state index in [4.69, 9.17) is 0 Å². The summed E-state index contributed by atoms with van der Waals surface area (Å²) in [5.41, 5.74) is 4.48. The highest BCUT2D eigenvalue weighted by molar-refractivity contribution is 6.05. The van der Waals surface area contributed by atoms with Crippen molar-refractivity contribution < 1.29 is 4.79 Å². The van der Waals surface area contributed by atoms with Crippen molar-refractivity contribution in [2.75, 3.05) is 5.32 Å². The lowest BCUT2D eigenvalue weighted by atomic mass is 9.98. The first-order valence-electron chi connectivity index (χ1n) is 6.41. The van der Waals surface area contributed by atoms with Gasteiger partial charge in [-0.1, -0.05) is 32.0 Å². The molecule has 0 fully saturated rings. The molecule has 2 N–H and O–H groups in total. The van der Waals surface area contributed by atoms with Gasteiger partial charge < -0.3 is 5.32 Å². The van der Waals surface area contributed by atoms with Crippen molar-refractivity contribution in [1.29, 1.82) is 0 Å². The van der Waals surface area contributed by atoms with E-state index in [1.807, 2.05) is 26.0 Å². The van der Waals surface area contributed by atoms with Crippen LogP contribution in [0, 0.1) is 13.8 Å². The number of aromatic nitrogens is 2. The van der Waals surface area contributed by atoms with E-state index in [9.17, 15) is 4.79 Å². The van der Waals surface area contributed by atoms with Crippen molar-refractivity contribution in [2.24, 2.45) is 0 Å². The van der Waals surface area contributed by atoms with Crippen LogP contribution in [-0.2, 0) is 0 Å². The fraction of sp³-hybridized carbons (Fsp3) is 0.333. The minimum Gasteiger partial charge on any atom is -0.321 e. The highest BCUT2D eigenvalue weighted by Gasteiger charge is 2.15. The first-order valence-corrected chi connectivity index (χ1v) is 6.41. The zero-order valence-corrected chi connectivity index (χ0v) is 11.7. The van der Waals surface area contributed by atoms with E-state index in [-0.39, 0.29) is 5.91 Å². The summed E-state index contributed by atoms with van der Waals surface area (Å²) in [6, 6.07) is 6.07. The van der Waals surface area contributed by atoms with Gasteiger partial charge in [0.2, 0.25) is 0 Å². The molecule has 4 heteroatoms. The van der Waals surface area contributed by atoms with E-state index < -0.39 is 0 Å². The number of H-pyrrole nitrogens is 1. The van der Waals surface area contributed by atoms with Crippen LogP contribution < -0.4 is 5.32 Å². The van der Waals surface area contributed by atoms with Gasteiger partial charge >= 0.3 is 0 Å². The molecule has 0 aliphatic rings. The van der Waals surface area contributed by atoms with Crippen LogP contribution in [0.5, 0.6) is 0 Å². The Hall–Kier alpha value is -2.10. The Morgan fingerprint density at radius 1 is 1.32 bits per heavy atom. The van der Waals surface area contributed by atoms with Crippen molar-refractivity contribution in [3.8, 4) is 0 Å². The number of aryl methyl sites for hydroxylation is 2. The molecule has 0 spiro atoms. The Morgan fingerprint density at radius 3 is 2.63 bits per heavy atom. The minimum atomic E-state index is -0.123. The SMILES string of the molecule is Cc1cccc(C(C)C)c1NC(=O)c1cn[nH]c1C. The maximum Gasteiger partial charge on any atom is 0.259 e. The van der Waals surface area contributed by atoms with Gasteiger partial charge in [-0.2, -0.15) is 5.10 Å². The van der Waals surface area contributed by atoms with E-state index in [2.05, 4.69) is 35.4 Å². The lowest BCUT2D eigenvalue weighted by Gasteiger charge is -2.16. The number of amides is 1. The standard InChI is InChI=1S/C15H19N3O/c1-9(2)12-7-5-6-10(3)14(12)17-15(19)13-8-16-18-11(13)4/h5-9H,1-4H3,(H,16,18)(H,17,19). The highest BCUT2D eigenvalue weighted by Crippen LogP contribution is 2.27. The zero-order valence-electron chi connectivity index (χ0n) is 11.7. The van der Waals surface area contributed by atoms with Gasteiger partial charge in [-0.05, 0) is 30.9 Å². The number of carbonyl (C=O) groups excluding carboxylic acids is 1. The van der Waals surface area contributed by atoms with Gasteiger partial charge in [-0.15, -0.1) is 0 Å². The van der Waals surface area contributed by atoms with Gasteiger partial charge in [0.25, 0.3) is 5.91 Å². The van der Waals surface area contributed by atoms with E-state index in [0.717, 1.165) is 22.5 Å². The van der Waals surface area contributed by atoms with Gasteiger partial charge in [-0.25, -0.2) is 0 Å². The summed E-state index contributed by atoms with van der Waals surface area (Å²) in [6.45, 7) is 8.08. The maximum absolute atomic E-state index is 12.3. The molecule has 100 valence electrons. The number of nitrogens with zero attached hydrogens (tertiary/aromatic N) is 1. The number of rotatable bonds is 3. The molecular formula is C15H19N3O. The molecule has 4 nitrogen and oxygen atoms in total. The van der Waals surface area contributed by atoms with Gasteiger partial charge in [0.15, 0.2) is 0 Å². The fourth-order valence-electron chi connectivity index (χ4n) is 2.10. The number of para-hydroxylation sites is 1. The summed E-state index contributed by atoms with van der Waals surface area (Å²) in [4.78, 5) is 12.3. The highest BCUT2D eigenvalue weighted by atomic mass is 16.1. The Kier molecular flexibility index (Phi) is 3.69. The second-order valence-corrected chi connectivity index (χ2v) is 5.06. The molecule has 1 amide bonds. The molecule has 19 heavy (non-hydrogen) atoms. The van der Waals surface area contributed by atoms with Crippen LogP contribution in [0.25, 0.3) is 0 Å². The molecule has 1 aromatic carbocycles. The maximum atomic E-state index is 12.3. The average Bonchev–Trinajstić information content (AvgIpc) is 2.77. The number of hydrogen-bond donors (Lipinski definition) is 2. The molecule has 0 aliphatic carbocycles. The summed E-state index contributed by atoms with van der Waals surface area (Å²) < 4.78 is 0. The van der Waals surface area contributed by atoms with Crippen molar-refractivity contribution in [1.82, 2.24) is 10.2 Å². The summed E-state index contributed by atoms with van der Waals surface area (Å²) in [5.74, 6) is 0.239. The van der Waals surface area contributed by atoms with Gasteiger partial charge in [0.05, 0.1) is 11.8 Å². The largest absolute Gasteiger partial charge is 0.321 e. The lowest BCUT2D eigenvalue weighted by Crippen LogP contribution is -2.15. The predicted molar refractivity (Wildman–Crippen MR) is 76.5 cm³/mol. The van der Waals surface area contributed by atoms with Crippen LogP contribution >= 0.6 is 0 Å². The lowest BCUT2D eigenvalue weighted by molar-refractivity contribution is 0.102. The Morgan fingerprint density at radius 2 is 2.05 bits per heavy atom. The van der Waals surface area contributed by atoms with E-state index >= 15 is 0 Å². The van der Waals surface area contributed by atoms with Crippen LogP contribution in [0.1, 0.15) is 46.9 Å². The van der Waals surface area contributed by atoms with E-state index in [0.29, 0.717) is 11.5 Å². The number of aromatic amines is 1. The third kappa shape index (κ3) is 2.67. The van der Waals surface area contributed by atoms with Crippen LogP contribution in [0.4, 0.5) is 5.69 Å². The van der Waals surface area contributed by atoms with Crippen molar-refractivity contribution in [3.05, 3.63) is 46.8 Å². The Bertz CT molecular complexity index is 599. The molecule has 0 radical (unpaired) electrons. The van der Waals surface area contributed by atoms with Crippen LogP contribution in [0.2, 0.25) is 0 Å². The third-order valence-electron chi connectivity index (χ3n) is 3.24. The second-order valence-electron chi connectivity index (χ2n) is 5.06. The Labute approximate surface area is 113 Å². The molecule has 0 bridgehead atoms. The first kappa shape index (κ1) is 13.3. The number of benzene rings is 1. The molecule has 0 aliphatic heterocycles. The first-order chi connectivity index (χ1) is 9.00. The van der Waals surface area contributed by atoms with Crippen LogP contribution in [0.3, 0.4) is 0 Å². The zero-order chi connectivity index (χ0) is 14.0. The predicted octanol–water partition coefficient (Wildman–Crippen LogP) is 3.40. The molecule has 0 saturated heterocycles. The van der Waals surface area contributed by atoms with Gasteiger partial charge in [0.1, 0.15) is 0 Å². The summed E-state index contributed by atoms with van der Waals surface area (Å²) in [6.07, 6.45) is 1.55. The average molecular weight is 257 g/mol. The van der Waals surface area contributed by atoms with Crippen molar-refractivity contribution in [2.45, 2.75) is 33.6 Å². The second kappa shape index (κ2) is 5.26. The summed E-state index contributed by atoms with van der Waals surface area (Å²) in [7, 11) is 0. The monoisotopic (exact) mass is 257 g/mol. The third-order valence-corrected chi connectivity index (χ3v) is 3.24. The van der Waals surface area contributed by atoms with Crippen LogP contribution in [-0.4, -0.2) is 16.1 Å². The molecule has 1 aromatic heterocycles. The molecule has 0 atom stereocenters. The number of nitrogens with one attached hydrogen (secondary N) is 2. The molecule has 1 heterocycles. The number of anilines is 1. The minimum absolute atomic E-state index is 0.123. The molecule has 2 aromatic rings. The molecule has 2 rings (SSSR count). The summed E-state index contributed by atoms with van der Waals surface area (Å²) >= 11 is 0. The fourth-order valence-corrected chi connectivity index (χ4v) is 2.10. The van der Waals surface area contributed by atoms with Gasteiger partial charge in [-0.3, -0.25) is 9.89 Å². The van der Waals surface area contributed by atoms with Crippen molar-refractivity contribution in [3.63, 3.8) is 0 Å². The normalized spacial score (nSPS) is 10.8.